The van der Waals surface area contributed by atoms with Gasteiger partial charge in [-0.05, 0) is 38.2 Å². The van der Waals surface area contributed by atoms with Gasteiger partial charge in [-0.2, -0.15) is 0 Å². The number of nitro groups is 1. The number of nitrogens with one attached hydrogen (secondary N) is 1. The molecule has 0 aliphatic heterocycles. The zero-order chi connectivity index (χ0) is 14.7. The van der Waals surface area contributed by atoms with Crippen molar-refractivity contribution in [1.82, 2.24) is 5.32 Å². The number of nitrogens with zero attached hydrogens (tertiary/aromatic N) is 1. The number of carbonyl (C=O) groups is 1. The number of aryl methyl sites for hydroxylation is 1. The highest BCUT2D eigenvalue weighted by molar-refractivity contribution is 6.20. The highest BCUT2D eigenvalue weighted by atomic mass is 35.5. The summed E-state index contributed by atoms with van der Waals surface area (Å²) in [5.74, 6) is -0.368. The quantitative estimate of drug-likeness (QED) is 0.529. The molecule has 0 unspecified atom stereocenters. The number of hydrogen-bond acceptors (Lipinski definition) is 3. The van der Waals surface area contributed by atoms with Crippen molar-refractivity contribution in [3.05, 3.63) is 39.4 Å². The number of benzene rings is 1. The molecular weight excluding hydrogens is 280 g/mol. The predicted molar refractivity (Wildman–Crippen MR) is 77.2 cm³/mol. The van der Waals surface area contributed by atoms with Crippen LogP contribution in [0.2, 0.25) is 0 Å². The van der Waals surface area contributed by atoms with Gasteiger partial charge in [-0.1, -0.05) is 12.1 Å². The van der Waals surface area contributed by atoms with E-state index in [4.69, 9.17) is 11.6 Å². The summed E-state index contributed by atoms with van der Waals surface area (Å²) in [5, 5.41) is 14.1. The average Bonchev–Trinajstić information content (AvgIpc) is 2.40. The number of halogens is 1. The van der Waals surface area contributed by atoms with Crippen molar-refractivity contribution >= 4 is 23.2 Å². The van der Waals surface area contributed by atoms with Crippen LogP contribution in [0.3, 0.4) is 0 Å². The highest BCUT2D eigenvalue weighted by Gasteiger charge is 2.26. The molecule has 1 aliphatic carbocycles. The fraction of sp³-hybridized carbons (Fsp3) is 0.500. The lowest BCUT2D eigenvalue weighted by molar-refractivity contribution is -0.385. The molecule has 1 fully saturated rings. The topological polar surface area (TPSA) is 72.2 Å². The van der Waals surface area contributed by atoms with Gasteiger partial charge in [-0.15, -0.1) is 11.6 Å². The van der Waals surface area contributed by atoms with E-state index in [1.807, 2.05) is 0 Å². The Bertz CT molecular complexity index is 525. The lowest BCUT2D eigenvalue weighted by Crippen LogP contribution is -2.38. The second-order valence-corrected chi connectivity index (χ2v) is 5.77. The Kier molecular flexibility index (Phi) is 4.60. The number of nitro benzene ring substituents is 1. The molecule has 1 aliphatic rings. The first-order chi connectivity index (χ1) is 9.49. The van der Waals surface area contributed by atoms with Crippen LogP contribution < -0.4 is 5.32 Å². The summed E-state index contributed by atoms with van der Waals surface area (Å²) < 4.78 is 0. The van der Waals surface area contributed by atoms with Crippen molar-refractivity contribution in [2.75, 3.05) is 0 Å². The third-order valence-corrected chi connectivity index (χ3v) is 4.10. The van der Waals surface area contributed by atoms with E-state index in [1.165, 1.54) is 6.07 Å². The van der Waals surface area contributed by atoms with Crippen molar-refractivity contribution in [3.8, 4) is 0 Å². The van der Waals surface area contributed by atoms with Crippen LogP contribution in [0.4, 0.5) is 5.69 Å². The van der Waals surface area contributed by atoms with Crippen LogP contribution in [0.1, 0.15) is 41.6 Å². The Morgan fingerprint density at radius 3 is 2.60 bits per heavy atom. The summed E-state index contributed by atoms with van der Waals surface area (Å²) in [5.41, 5.74) is 0.627. The summed E-state index contributed by atoms with van der Waals surface area (Å²) >= 11 is 6.03. The van der Waals surface area contributed by atoms with E-state index in [-0.39, 0.29) is 28.6 Å². The van der Waals surface area contributed by atoms with Crippen LogP contribution >= 0.6 is 11.6 Å². The summed E-state index contributed by atoms with van der Waals surface area (Å²) in [7, 11) is 0. The van der Waals surface area contributed by atoms with Gasteiger partial charge < -0.3 is 5.32 Å². The molecule has 0 bridgehead atoms. The van der Waals surface area contributed by atoms with Crippen LogP contribution in [-0.2, 0) is 0 Å². The molecule has 0 spiro atoms. The second kappa shape index (κ2) is 6.22. The molecule has 0 radical (unpaired) electrons. The van der Waals surface area contributed by atoms with E-state index in [0.29, 0.717) is 5.56 Å². The molecule has 108 valence electrons. The Balaban J connectivity index is 2.15. The van der Waals surface area contributed by atoms with Crippen LogP contribution in [0.25, 0.3) is 0 Å². The number of amides is 1. The van der Waals surface area contributed by atoms with Crippen LogP contribution in [0.15, 0.2) is 18.2 Å². The first-order valence-electron chi connectivity index (χ1n) is 6.68. The molecule has 1 aromatic rings. The number of carbonyl (C=O) groups excluding carboxylic acids is 1. The summed E-state index contributed by atoms with van der Waals surface area (Å²) in [6.45, 7) is 1.71. The minimum absolute atomic E-state index is 0.0525. The summed E-state index contributed by atoms with van der Waals surface area (Å²) in [6, 6.07) is 4.70. The third kappa shape index (κ3) is 3.28. The molecule has 0 atom stereocenters. The van der Waals surface area contributed by atoms with Crippen molar-refractivity contribution in [1.29, 1.82) is 0 Å². The third-order valence-electron chi connectivity index (χ3n) is 3.67. The monoisotopic (exact) mass is 296 g/mol. The molecule has 5 nitrogen and oxygen atoms in total. The lowest BCUT2D eigenvalue weighted by atomic mass is 9.94. The van der Waals surface area contributed by atoms with Crippen molar-refractivity contribution in [2.24, 2.45) is 0 Å². The largest absolute Gasteiger partial charge is 0.349 e. The molecule has 20 heavy (non-hydrogen) atoms. The van der Waals surface area contributed by atoms with Crippen molar-refractivity contribution in [3.63, 3.8) is 0 Å². The van der Waals surface area contributed by atoms with E-state index >= 15 is 0 Å². The SMILES string of the molecule is Cc1cccc([N+](=O)[O-])c1C(=O)NC1CCC(Cl)CC1. The molecular formula is C14H17ClN2O3. The Morgan fingerprint density at radius 2 is 2.00 bits per heavy atom. The van der Waals surface area contributed by atoms with Gasteiger partial charge in [0.1, 0.15) is 5.56 Å². The molecule has 6 heteroatoms. The van der Waals surface area contributed by atoms with Crippen LogP contribution in [-0.4, -0.2) is 22.2 Å². The van der Waals surface area contributed by atoms with E-state index in [9.17, 15) is 14.9 Å². The van der Waals surface area contributed by atoms with Gasteiger partial charge in [-0.25, -0.2) is 0 Å². The molecule has 1 N–H and O–H groups in total. The molecule has 1 saturated carbocycles. The smallest absolute Gasteiger partial charge is 0.282 e. The average molecular weight is 297 g/mol. The van der Waals surface area contributed by atoms with Gasteiger partial charge in [0, 0.05) is 17.5 Å². The lowest BCUT2D eigenvalue weighted by Gasteiger charge is -2.26. The first kappa shape index (κ1) is 14.8. The number of rotatable bonds is 3. The highest BCUT2D eigenvalue weighted by Crippen LogP contribution is 2.25. The van der Waals surface area contributed by atoms with Crippen LogP contribution in [0, 0.1) is 17.0 Å². The second-order valence-electron chi connectivity index (χ2n) is 5.15. The minimum Gasteiger partial charge on any atom is -0.349 e. The van der Waals surface area contributed by atoms with E-state index < -0.39 is 4.92 Å². The van der Waals surface area contributed by atoms with E-state index in [1.54, 1.807) is 19.1 Å². The maximum Gasteiger partial charge on any atom is 0.282 e. The van der Waals surface area contributed by atoms with Gasteiger partial charge in [0.2, 0.25) is 0 Å². The van der Waals surface area contributed by atoms with Gasteiger partial charge in [0.05, 0.1) is 4.92 Å². The maximum absolute atomic E-state index is 12.3. The summed E-state index contributed by atoms with van der Waals surface area (Å²) in [6.07, 6.45) is 3.36. The van der Waals surface area contributed by atoms with Gasteiger partial charge in [-0.3, -0.25) is 14.9 Å². The molecule has 2 rings (SSSR count). The van der Waals surface area contributed by atoms with Crippen molar-refractivity contribution < 1.29 is 9.72 Å². The minimum atomic E-state index is -0.516. The molecule has 1 aromatic carbocycles. The number of alkyl halides is 1. The van der Waals surface area contributed by atoms with E-state index in [2.05, 4.69) is 5.32 Å². The Morgan fingerprint density at radius 1 is 1.35 bits per heavy atom. The zero-order valence-electron chi connectivity index (χ0n) is 11.3. The zero-order valence-corrected chi connectivity index (χ0v) is 12.0. The fourth-order valence-corrected chi connectivity index (χ4v) is 2.81. The number of hydrogen-bond donors (Lipinski definition) is 1. The Labute approximate surface area is 122 Å². The van der Waals surface area contributed by atoms with Gasteiger partial charge in [0.15, 0.2) is 0 Å². The maximum atomic E-state index is 12.3. The van der Waals surface area contributed by atoms with Gasteiger partial charge >= 0.3 is 0 Å². The molecule has 0 saturated heterocycles. The van der Waals surface area contributed by atoms with Crippen LogP contribution in [0.5, 0.6) is 0 Å². The molecule has 0 aromatic heterocycles. The first-order valence-corrected chi connectivity index (χ1v) is 7.11. The normalized spacial score (nSPS) is 22.3. The fourth-order valence-electron chi connectivity index (χ4n) is 2.55. The predicted octanol–water partition coefficient (Wildman–Crippen LogP) is 3.18. The standard InChI is InChI=1S/C14H17ClN2O3/c1-9-3-2-4-12(17(19)20)13(9)14(18)16-11-7-5-10(15)6-8-11/h2-4,10-11H,5-8H2,1H3,(H,16,18). The van der Waals surface area contributed by atoms with E-state index in [0.717, 1.165) is 25.7 Å². The van der Waals surface area contributed by atoms with Crippen molar-refractivity contribution in [2.45, 2.75) is 44.0 Å². The van der Waals surface area contributed by atoms with Gasteiger partial charge in [0.25, 0.3) is 11.6 Å². The summed E-state index contributed by atoms with van der Waals surface area (Å²) in [4.78, 5) is 22.8. The molecule has 0 heterocycles. The molecule has 1 amide bonds. The Hall–Kier alpha value is -1.62.